The van der Waals surface area contributed by atoms with Crippen molar-refractivity contribution in [3.63, 3.8) is 0 Å². The lowest BCUT2D eigenvalue weighted by atomic mass is 9.84. The average molecular weight is 409 g/mol. The van der Waals surface area contributed by atoms with Gasteiger partial charge in [0.25, 0.3) is 0 Å². The predicted octanol–water partition coefficient (Wildman–Crippen LogP) is 4.56. The van der Waals surface area contributed by atoms with Crippen molar-refractivity contribution in [1.82, 2.24) is 0 Å². The molecule has 3 aromatic rings. The molecule has 2 aliphatic rings. The van der Waals surface area contributed by atoms with Crippen LogP contribution in [0.25, 0.3) is 21.5 Å². The zero-order chi connectivity index (χ0) is 21.0. The Hall–Kier alpha value is -2.70. The first-order valence-electron chi connectivity index (χ1n) is 10.4. The maximum absolute atomic E-state index is 13.6. The molecule has 158 valence electrons. The summed E-state index contributed by atoms with van der Waals surface area (Å²) in [7, 11) is 6.58. The fourth-order valence-electron chi connectivity index (χ4n) is 5.43. The topological polar surface area (TPSA) is 60.0 Å². The van der Waals surface area contributed by atoms with Crippen molar-refractivity contribution < 1.29 is 23.6 Å². The number of quaternary nitrogens is 1. The standard InChI is InChI=1S/C24H27NO5/c1-27-21-9-16-15-8-14-6-5-7-25(14,26)13-20(15)19-12-24(30-4)23(29-3)11-18(19)17(16)10-22(21)28-2/h9-12,14H,5-8,13H2,1-4H3/t14-,25-/m1/s1. The van der Waals surface area contributed by atoms with Crippen LogP contribution in [0.1, 0.15) is 24.0 Å². The second-order valence-electron chi connectivity index (χ2n) is 8.30. The fraction of sp³-hybridized carbons (Fsp3) is 0.417. The Labute approximate surface area is 176 Å². The van der Waals surface area contributed by atoms with Crippen molar-refractivity contribution in [2.75, 3.05) is 35.0 Å². The molecule has 6 heteroatoms. The Morgan fingerprint density at radius 3 is 1.70 bits per heavy atom. The van der Waals surface area contributed by atoms with E-state index in [-0.39, 0.29) is 10.7 Å². The van der Waals surface area contributed by atoms with Crippen molar-refractivity contribution in [3.05, 3.63) is 40.6 Å². The summed E-state index contributed by atoms with van der Waals surface area (Å²) in [6.07, 6.45) is 2.77. The van der Waals surface area contributed by atoms with E-state index in [9.17, 15) is 5.21 Å². The lowest BCUT2D eigenvalue weighted by Crippen LogP contribution is -2.49. The third-order valence-electron chi connectivity index (χ3n) is 6.96. The summed E-state index contributed by atoms with van der Waals surface area (Å²) in [5.41, 5.74) is 2.38. The third-order valence-corrected chi connectivity index (χ3v) is 6.96. The highest BCUT2D eigenvalue weighted by molar-refractivity contribution is 6.12. The van der Waals surface area contributed by atoms with Gasteiger partial charge in [-0.3, -0.25) is 0 Å². The Morgan fingerprint density at radius 2 is 1.20 bits per heavy atom. The molecule has 0 spiro atoms. The molecule has 2 heterocycles. The molecule has 0 aromatic heterocycles. The largest absolute Gasteiger partial charge is 0.632 e. The molecule has 2 aliphatic heterocycles. The zero-order valence-corrected chi connectivity index (χ0v) is 17.9. The number of rotatable bonds is 4. The van der Waals surface area contributed by atoms with E-state index in [0.717, 1.165) is 46.4 Å². The van der Waals surface area contributed by atoms with Crippen LogP contribution in [-0.4, -0.2) is 45.7 Å². The van der Waals surface area contributed by atoms with E-state index in [2.05, 4.69) is 6.07 Å². The summed E-state index contributed by atoms with van der Waals surface area (Å²) >= 11 is 0. The number of hydroxylamine groups is 3. The van der Waals surface area contributed by atoms with Crippen LogP contribution in [0.4, 0.5) is 0 Å². The van der Waals surface area contributed by atoms with Crippen molar-refractivity contribution in [2.45, 2.75) is 31.8 Å². The Bertz CT molecular complexity index is 1160. The van der Waals surface area contributed by atoms with Crippen molar-refractivity contribution in [3.8, 4) is 23.0 Å². The van der Waals surface area contributed by atoms with Crippen molar-refractivity contribution in [1.29, 1.82) is 0 Å². The van der Waals surface area contributed by atoms with Crippen LogP contribution in [0.15, 0.2) is 24.3 Å². The Balaban J connectivity index is 1.91. The number of ether oxygens (including phenoxy) is 4. The van der Waals surface area contributed by atoms with Gasteiger partial charge in [-0.15, -0.1) is 0 Å². The van der Waals surface area contributed by atoms with Crippen molar-refractivity contribution >= 4 is 21.5 Å². The second kappa shape index (κ2) is 6.93. The van der Waals surface area contributed by atoms with Crippen LogP contribution < -0.4 is 18.9 Å². The maximum atomic E-state index is 13.6. The maximum Gasteiger partial charge on any atom is 0.161 e. The van der Waals surface area contributed by atoms with E-state index < -0.39 is 0 Å². The quantitative estimate of drug-likeness (QED) is 0.359. The minimum Gasteiger partial charge on any atom is -0.632 e. The van der Waals surface area contributed by atoms with Crippen LogP contribution in [0, 0.1) is 5.21 Å². The molecular weight excluding hydrogens is 382 g/mol. The third kappa shape index (κ3) is 2.63. The van der Waals surface area contributed by atoms with Gasteiger partial charge < -0.3 is 28.8 Å². The molecule has 0 bridgehead atoms. The van der Waals surface area contributed by atoms with Crippen LogP contribution >= 0.6 is 0 Å². The summed E-state index contributed by atoms with van der Waals surface area (Å²) < 4.78 is 22.2. The minimum atomic E-state index is -0.116. The van der Waals surface area contributed by atoms with E-state index in [0.29, 0.717) is 36.1 Å². The van der Waals surface area contributed by atoms with Gasteiger partial charge in [0, 0.05) is 24.8 Å². The van der Waals surface area contributed by atoms with Gasteiger partial charge in [0.2, 0.25) is 0 Å². The van der Waals surface area contributed by atoms with Gasteiger partial charge in [0.1, 0.15) is 6.54 Å². The molecule has 0 amide bonds. The number of methoxy groups -OCH3 is 4. The van der Waals surface area contributed by atoms with Gasteiger partial charge in [-0.05, 0) is 51.4 Å². The highest BCUT2D eigenvalue weighted by Crippen LogP contribution is 2.47. The summed E-state index contributed by atoms with van der Waals surface area (Å²) in [5, 5.41) is 17.9. The van der Waals surface area contributed by atoms with Gasteiger partial charge in [-0.1, -0.05) is 0 Å². The molecule has 0 unspecified atom stereocenters. The lowest BCUT2D eigenvalue weighted by Gasteiger charge is -2.48. The molecule has 0 saturated carbocycles. The lowest BCUT2D eigenvalue weighted by molar-refractivity contribution is -0.907. The first-order valence-corrected chi connectivity index (χ1v) is 10.4. The minimum absolute atomic E-state index is 0.116. The monoisotopic (exact) mass is 409 g/mol. The number of nitrogens with zero attached hydrogens (tertiary/aromatic N) is 1. The number of benzene rings is 3. The molecule has 0 aliphatic carbocycles. The van der Waals surface area contributed by atoms with E-state index >= 15 is 0 Å². The molecule has 0 N–H and O–H groups in total. The second-order valence-corrected chi connectivity index (χ2v) is 8.30. The van der Waals surface area contributed by atoms with Crippen molar-refractivity contribution in [2.24, 2.45) is 0 Å². The van der Waals surface area contributed by atoms with Gasteiger partial charge in [0.15, 0.2) is 23.0 Å². The predicted molar refractivity (Wildman–Crippen MR) is 117 cm³/mol. The SMILES string of the molecule is COc1cc2c3c(c4cc(OC)c(OC)cc4c2cc1OC)C[N@+]1([O-])CCC[C@@H]1C3. The van der Waals surface area contributed by atoms with E-state index in [1.165, 1.54) is 5.56 Å². The summed E-state index contributed by atoms with van der Waals surface area (Å²) in [6, 6.07) is 8.25. The molecule has 30 heavy (non-hydrogen) atoms. The molecule has 5 rings (SSSR count). The van der Waals surface area contributed by atoms with Gasteiger partial charge in [0.05, 0.1) is 41.0 Å². The van der Waals surface area contributed by atoms with Crippen LogP contribution in [0.5, 0.6) is 23.0 Å². The van der Waals surface area contributed by atoms with E-state index in [4.69, 9.17) is 18.9 Å². The normalized spacial score (nSPS) is 22.6. The van der Waals surface area contributed by atoms with Gasteiger partial charge >= 0.3 is 0 Å². The van der Waals surface area contributed by atoms with Gasteiger partial charge in [-0.25, -0.2) is 0 Å². The molecule has 1 saturated heterocycles. The van der Waals surface area contributed by atoms with E-state index in [1.807, 2.05) is 18.2 Å². The highest BCUT2D eigenvalue weighted by atomic mass is 16.5. The summed E-state index contributed by atoms with van der Waals surface area (Å²) in [6.45, 7) is 1.19. The molecule has 3 aromatic carbocycles. The molecule has 2 atom stereocenters. The smallest absolute Gasteiger partial charge is 0.161 e. The average Bonchev–Trinajstić information content (AvgIpc) is 3.16. The molecule has 6 nitrogen and oxygen atoms in total. The Morgan fingerprint density at radius 1 is 0.733 bits per heavy atom. The molecular formula is C24H27NO5. The van der Waals surface area contributed by atoms with Crippen LogP contribution in [0.3, 0.4) is 0 Å². The number of fused-ring (bicyclic) bond motifs is 7. The van der Waals surface area contributed by atoms with E-state index in [1.54, 1.807) is 28.4 Å². The Kier molecular flexibility index (Phi) is 4.45. The zero-order valence-electron chi connectivity index (χ0n) is 17.9. The first-order chi connectivity index (χ1) is 14.5. The molecule has 0 radical (unpaired) electrons. The van der Waals surface area contributed by atoms with Crippen LogP contribution in [-0.2, 0) is 13.0 Å². The number of hydrogen-bond acceptors (Lipinski definition) is 5. The van der Waals surface area contributed by atoms with Crippen LogP contribution in [0.2, 0.25) is 0 Å². The first kappa shape index (κ1) is 19.3. The fourth-order valence-corrected chi connectivity index (χ4v) is 5.43. The summed E-state index contributed by atoms with van der Waals surface area (Å²) in [4.78, 5) is 0. The summed E-state index contributed by atoms with van der Waals surface area (Å²) in [5.74, 6) is 2.73. The molecule has 1 fully saturated rings. The van der Waals surface area contributed by atoms with Gasteiger partial charge in [-0.2, -0.15) is 0 Å². The highest BCUT2D eigenvalue weighted by Gasteiger charge is 2.40. The number of hydrogen-bond donors (Lipinski definition) is 0.